The van der Waals surface area contributed by atoms with Gasteiger partial charge in [0.25, 0.3) is 11.5 Å². The van der Waals surface area contributed by atoms with Crippen molar-refractivity contribution in [3.8, 4) is 0 Å². The Kier molecular flexibility index (Phi) is 3.18. The van der Waals surface area contributed by atoms with Crippen LogP contribution in [0.15, 0.2) is 16.9 Å². The Bertz CT molecular complexity index is 586. The Morgan fingerprint density at radius 3 is 2.44 bits per heavy atom. The lowest BCUT2D eigenvalue weighted by molar-refractivity contribution is 0.0979. The fraction of sp³-hybridized carbons (Fsp3) is 0.333. The van der Waals surface area contributed by atoms with Gasteiger partial charge in [-0.3, -0.25) is 9.59 Å². The first-order valence-electron chi connectivity index (χ1n) is 4.41. The van der Waals surface area contributed by atoms with Crippen molar-refractivity contribution in [2.75, 3.05) is 6.26 Å². The van der Waals surface area contributed by atoms with Crippen LogP contribution in [0.25, 0.3) is 0 Å². The van der Waals surface area contributed by atoms with E-state index in [0.29, 0.717) is 5.69 Å². The third kappa shape index (κ3) is 2.69. The third-order valence-electron chi connectivity index (χ3n) is 2.08. The Morgan fingerprint density at radius 2 is 1.94 bits per heavy atom. The molecular weight excluding hydrogens is 232 g/mol. The van der Waals surface area contributed by atoms with Gasteiger partial charge < -0.3 is 4.57 Å². The van der Waals surface area contributed by atoms with Gasteiger partial charge in [-0.05, 0) is 19.1 Å². The molecule has 0 fully saturated rings. The zero-order chi connectivity index (χ0) is 12.5. The van der Waals surface area contributed by atoms with Crippen LogP contribution in [0.2, 0.25) is 0 Å². The molecule has 0 bridgehead atoms. The first kappa shape index (κ1) is 12.4. The molecule has 1 aromatic rings. The lowest BCUT2D eigenvalue weighted by Crippen LogP contribution is -2.35. The average Bonchev–Trinajstić information content (AvgIpc) is 2.11. The van der Waals surface area contributed by atoms with Gasteiger partial charge in [-0.25, -0.2) is 13.1 Å². The summed E-state index contributed by atoms with van der Waals surface area (Å²) in [5.74, 6) is -0.914. The van der Waals surface area contributed by atoms with Gasteiger partial charge in [0, 0.05) is 12.7 Å². The molecule has 1 rings (SSSR count). The summed E-state index contributed by atoms with van der Waals surface area (Å²) in [6, 6.07) is 2.87. The monoisotopic (exact) mass is 244 g/mol. The summed E-state index contributed by atoms with van der Waals surface area (Å²) in [5, 5.41) is 0. The minimum absolute atomic E-state index is 0.196. The van der Waals surface area contributed by atoms with E-state index >= 15 is 0 Å². The molecule has 0 aliphatic heterocycles. The minimum atomic E-state index is -3.66. The summed E-state index contributed by atoms with van der Waals surface area (Å²) in [7, 11) is -2.15. The topological polar surface area (TPSA) is 85.2 Å². The molecule has 88 valence electrons. The molecule has 0 atom stereocenters. The van der Waals surface area contributed by atoms with E-state index in [0.717, 1.165) is 6.26 Å². The number of carbonyl (C=O) groups excluding carboxylic acids is 1. The first-order valence-corrected chi connectivity index (χ1v) is 6.30. The van der Waals surface area contributed by atoms with Crippen LogP contribution in [0.5, 0.6) is 0 Å². The molecule has 0 radical (unpaired) electrons. The van der Waals surface area contributed by atoms with Crippen LogP contribution >= 0.6 is 0 Å². The van der Waals surface area contributed by atoms with E-state index < -0.39 is 21.5 Å². The molecule has 7 heteroatoms. The summed E-state index contributed by atoms with van der Waals surface area (Å²) in [4.78, 5) is 23.1. The van der Waals surface area contributed by atoms with Crippen LogP contribution in [-0.2, 0) is 17.1 Å². The maximum Gasteiger partial charge on any atom is 0.270 e. The van der Waals surface area contributed by atoms with Crippen LogP contribution in [0.4, 0.5) is 0 Å². The maximum absolute atomic E-state index is 11.6. The maximum atomic E-state index is 11.6. The highest BCUT2D eigenvalue weighted by Gasteiger charge is 2.15. The molecule has 1 N–H and O–H groups in total. The fourth-order valence-electron chi connectivity index (χ4n) is 1.12. The van der Waals surface area contributed by atoms with Crippen molar-refractivity contribution in [1.29, 1.82) is 0 Å². The summed E-state index contributed by atoms with van der Waals surface area (Å²) in [5.41, 5.74) is -0.0411. The zero-order valence-electron chi connectivity index (χ0n) is 9.14. The predicted molar refractivity (Wildman–Crippen MR) is 58.7 cm³/mol. The van der Waals surface area contributed by atoms with E-state index in [-0.39, 0.29) is 5.56 Å². The third-order valence-corrected chi connectivity index (χ3v) is 2.63. The molecule has 0 unspecified atom stereocenters. The lowest BCUT2D eigenvalue weighted by atomic mass is 10.2. The van der Waals surface area contributed by atoms with Crippen molar-refractivity contribution in [3.05, 3.63) is 33.7 Å². The number of aromatic nitrogens is 1. The van der Waals surface area contributed by atoms with E-state index in [4.69, 9.17) is 0 Å². The molecule has 1 aromatic heterocycles. The normalized spacial score (nSPS) is 11.2. The lowest BCUT2D eigenvalue weighted by Gasteiger charge is -2.06. The highest BCUT2D eigenvalue weighted by molar-refractivity contribution is 7.89. The second kappa shape index (κ2) is 4.09. The molecule has 1 heterocycles. The molecule has 0 aromatic carbocycles. The van der Waals surface area contributed by atoms with Gasteiger partial charge in [-0.1, -0.05) is 0 Å². The van der Waals surface area contributed by atoms with Crippen LogP contribution in [-0.4, -0.2) is 25.1 Å². The number of sulfonamides is 1. The molecule has 0 aliphatic carbocycles. The average molecular weight is 244 g/mol. The number of rotatable bonds is 2. The van der Waals surface area contributed by atoms with Gasteiger partial charge in [0.05, 0.1) is 6.26 Å². The highest BCUT2D eigenvalue weighted by Crippen LogP contribution is 1.97. The number of aryl methyl sites for hydroxylation is 1. The van der Waals surface area contributed by atoms with Crippen molar-refractivity contribution in [2.24, 2.45) is 7.05 Å². The molecule has 0 spiro atoms. The molecule has 0 saturated heterocycles. The standard InChI is InChI=1S/C9H12N2O4S/c1-6-4-5-7(9(13)11(6)2)8(12)10-16(3,14)15/h4-5H,1-3H3,(H,10,12). The molecular formula is C9H12N2O4S. The Hall–Kier alpha value is -1.63. The fourth-order valence-corrected chi connectivity index (χ4v) is 1.57. The van der Waals surface area contributed by atoms with Crippen LogP contribution in [0.1, 0.15) is 16.1 Å². The van der Waals surface area contributed by atoms with Crippen molar-refractivity contribution in [2.45, 2.75) is 6.92 Å². The van der Waals surface area contributed by atoms with Gasteiger partial charge in [0.15, 0.2) is 0 Å². The summed E-state index contributed by atoms with van der Waals surface area (Å²) in [6.45, 7) is 1.71. The second-order valence-electron chi connectivity index (χ2n) is 3.46. The van der Waals surface area contributed by atoms with Gasteiger partial charge >= 0.3 is 0 Å². The first-order chi connectivity index (χ1) is 7.22. The van der Waals surface area contributed by atoms with Crippen LogP contribution < -0.4 is 10.3 Å². The van der Waals surface area contributed by atoms with E-state index in [9.17, 15) is 18.0 Å². The quantitative estimate of drug-likeness (QED) is 0.751. The number of pyridine rings is 1. The highest BCUT2D eigenvalue weighted by atomic mass is 32.2. The van der Waals surface area contributed by atoms with Gasteiger partial charge in [0.1, 0.15) is 5.56 Å². The Morgan fingerprint density at radius 1 is 1.38 bits per heavy atom. The van der Waals surface area contributed by atoms with Crippen LogP contribution in [0.3, 0.4) is 0 Å². The van der Waals surface area contributed by atoms with E-state index in [1.54, 1.807) is 17.7 Å². The zero-order valence-corrected chi connectivity index (χ0v) is 9.96. The van der Waals surface area contributed by atoms with E-state index in [2.05, 4.69) is 0 Å². The minimum Gasteiger partial charge on any atom is -0.315 e. The van der Waals surface area contributed by atoms with Crippen molar-refractivity contribution >= 4 is 15.9 Å². The number of hydrogen-bond acceptors (Lipinski definition) is 4. The Labute approximate surface area is 93.0 Å². The molecule has 6 nitrogen and oxygen atoms in total. The smallest absolute Gasteiger partial charge is 0.270 e. The molecule has 1 amide bonds. The summed E-state index contributed by atoms with van der Waals surface area (Å²) < 4.78 is 24.7. The second-order valence-corrected chi connectivity index (χ2v) is 5.20. The molecule has 16 heavy (non-hydrogen) atoms. The number of carbonyl (C=O) groups is 1. The predicted octanol–water partition coefficient (Wildman–Crippen LogP) is -0.617. The van der Waals surface area contributed by atoms with Gasteiger partial charge in [0.2, 0.25) is 10.0 Å². The summed E-state index contributed by atoms with van der Waals surface area (Å²) in [6.07, 6.45) is 0.851. The van der Waals surface area contributed by atoms with Crippen molar-refractivity contribution < 1.29 is 13.2 Å². The number of nitrogens with zero attached hydrogens (tertiary/aromatic N) is 1. The summed E-state index contributed by atoms with van der Waals surface area (Å²) >= 11 is 0. The van der Waals surface area contributed by atoms with Crippen molar-refractivity contribution in [3.63, 3.8) is 0 Å². The number of hydrogen-bond donors (Lipinski definition) is 1. The van der Waals surface area contributed by atoms with Crippen molar-refractivity contribution in [1.82, 2.24) is 9.29 Å². The van der Waals surface area contributed by atoms with Crippen LogP contribution in [0, 0.1) is 6.92 Å². The SMILES string of the molecule is Cc1ccc(C(=O)NS(C)(=O)=O)c(=O)n1C. The molecule has 0 saturated carbocycles. The van der Waals surface area contributed by atoms with E-state index in [1.807, 2.05) is 0 Å². The van der Waals surface area contributed by atoms with Gasteiger partial charge in [-0.15, -0.1) is 0 Å². The number of nitrogens with one attached hydrogen (secondary N) is 1. The molecule has 0 aliphatic rings. The van der Waals surface area contributed by atoms with E-state index in [1.165, 1.54) is 17.7 Å². The largest absolute Gasteiger partial charge is 0.315 e. The van der Waals surface area contributed by atoms with Gasteiger partial charge in [-0.2, -0.15) is 0 Å². The Balaban J connectivity index is 3.22. The number of amides is 1.